The zero-order valence-electron chi connectivity index (χ0n) is 7.34. The van der Waals surface area contributed by atoms with Crippen molar-refractivity contribution in [2.24, 2.45) is 5.92 Å². The van der Waals surface area contributed by atoms with Gasteiger partial charge in [-0.2, -0.15) is 0 Å². The monoisotopic (exact) mass is 181 g/mol. The van der Waals surface area contributed by atoms with Crippen LogP contribution < -0.4 is 0 Å². The molecule has 13 heavy (non-hydrogen) atoms. The summed E-state index contributed by atoms with van der Waals surface area (Å²) < 4.78 is 5.03. The maximum Gasteiger partial charge on any atom is 0.231 e. The number of nitro groups is 1. The number of allylic oxidation sites excluding steroid dienone is 5. The van der Waals surface area contributed by atoms with Crippen LogP contribution >= 0.6 is 0 Å². The van der Waals surface area contributed by atoms with Crippen LogP contribution in [0, 0.1) is 16.0 Å². The molecular weight excluding hydrogens is 170 g/mol. The van der Waals surface area contributed by atoms with Gasteiger partial charge in [-0.15, -0.1) is 0 Å². The normalized spacial score (nSPS) is 21.6. The van der Waals surface area contributed by atoms with Crippen LogP contribution in [0.5, 0.6) is 0 Å². The van der Waals surface area contributed by atoms with Gasteiger partial charge in [0.2, 0.25) is 6.20 Å². The van der Waals surface area contributed by atoms with Gasteiger partial charge >= 0.3 is 0 Å². The Kier molecular flexibility index (Phi) is 3.25. The van der Waals surface area contributed by atoms with Crippen LogP contribution in [0.2, 0.25) is 0 Å². The highest BCUT2D eigenvalue weighted by Crippen LogP contribution is 2.19. The fourth-order valence-corrected chi connectivity index (χ4v) is 1.14. The van der Waals surface area contributed by atoms with Gasteiger partial charge in [-0.25, -0.2) is 0 Å². The smallest absolute Gasteiger partial charge is 0.231 e. The summed E-state index contributed by atoms with van der Waals surface area (Å²) in [6, 6.07) is 0. The van der Waals surface area contributed by atoms with E-state index in [9.17, 15) is 10.1 Å². The molecule has 4 nitrogen and oxygen atoms in total. The van der Waals surface area contributed by atoms with E-state index in [2.05, 4.69) is 0 Å². The first-order chi connectivity index (χ1) is 6.22. The minimum atomic E-state index is -0.460. The molecule has 0 N–H and O–H groups in total. The first-order valence-corrected chi connectivity index (χ1v) is 3.95. The molecule has 0 saturated carbocycles. The van der Waals surface area contributed by atoms with Crippen molar-refractivity contribution in [3.8, 4) is 0 Å². The molecule has 70 valence electrons. The summed E-state index contributed by atoms with van der Waals surface area (Å²) in [5, 5.41) is 10.0. The van der Waals surface area contributed by atoms with Crippen LogP contribution in [-0.4, -0.2) is 12.0 Å². The molecule has 0 bridgehead atoms. The fraction of sp³-hybridized carbons (Fsp3) is 0.333. The molecule has 0 spiro atoms. The summed E-state index contributed by atoms with van der Waals surface area (Å²) in [6.07, 6.45) is 8.82. The predicted molar refractivity (Wildman–Crippen MR) is 48.5 cm³/mol. The van der Waals surface area contributed by atoms with Crippen molar-refractivity contribution in [2.75, 3.05) is 7.11 Å². The summed E-state index contributed by atoms with van der Waals surface area (Å²) >= 11 is 0. The molecule has 0 heterocycles. The fourth-order valence-electron chi connectivity index (χ4n) is 1.14. The first kappa shape index (κ1) is 9.51. The van der Waals surface area contributed by atoms with Crippen molar-refractivity contribution >= 4 is 0 Å². The number of nitrogens with zero attached hydrogens (tertiary/aromatic N) is 1. The Morgan fingerprint density at radius 1 is 1.77 bits per heavy atom. The highest BCUT2D eigenvalue weighted by Gasteiger charge is 2.09. The predicted octanol–water partition coefficient (Wildman–Crippen LogP) is 1.88. The third kappa shape index (κ3) is 3.11. The maximum atomic E-state index is 10.0. The highest BCUT2D eigenvalue weighted by molar-refractivity contribution is 5.18. The van der Waals surface area contributed by atoms with E-state index in [1.54, 1.807) is 13.2 Å². The minimum absolute atomic E-state index is 0.0744. The standard InChI is InChI=1S/C9H11NO3/c1-13-9-4-2-3-8(7-9)5-6-10(11)12/h2-6,8H,7H2,1H3/b6-5+. The van der Waals surface area contributed by atoms with Gasteiger partial charge in [0.15, 0.2) is 0 Å². The first-order valence-electron chi connectivity index (χ1n) is 3.95. The number of ether oxygens (including phenoxy) is 1. The van der Waals surface area contributed by atoms with Gasteiger partial charge in [-0.1, -0.05) is 12.2 Å². The van der Waals surface area contributed by atoms with Crippen LogP contribution in [-0.2, 0) is 4.74 Å². The molecule has 0 aliphatic heterocycles. The molecule has 1 rings (SSSR count). The average molecular weight is 181 g/mol. The van der Waals surface area contributed by atoms with Gasteiger partial charge in [-0.05, 0) is 12.2 Å². The van der Waals surface area contributed by atoms with Gasteiger partial charge in [0, 0.05) is 12.3 Å². The second kappa shape index (κ2) is 4.45. The zero-order chi connectivity index (χ0) is 9.68. The quantitative estimate of drug-likeness (QED) is 0.493. The second-order valence-electron chi connectivity index (χ2n) is 2.72. The minimum Gasteiger partial charge on any atom is -0.501 e. The van der Waals surface area contributed by atoms with Gasteiger partial charge in [-0.3, -0.25) is 10.1 Å². The van der Waals surface area contributed by atoms with Crippen LogP contribution in [0.1, 0.15) is 6.42 Å². The Labute approximate surface area is 76.4 Å². The molecule has 1 aliphatic rings. The number of hydrogen-bond donors (Lipinski definition) is 0. The molecule has 0 saturated heterocycles. The number of hydrogen-bond acceptors (Lipinski definition) is 3. The second-order valence-corrected chi connectivity index (χ2v) is 2.72. The lowest BCUT2D eigenvalue weighted by atomic mass is 9.99. The van der Waals surface area contributed by atoms with Crippen molar-refractivity contribution in [3.05, 3.63) is 46.4 Å². The third-order valence-electron chi connectivity index (χ3n) is 1.79. The topological polar surface area (TPSA) is 52.4 Å². The van der Waals surface area contributed by atoms with Crippen molar-refractivity contribution in [2.45, 2.75) is 6.42 Å². The summed E-state index contributed by atoms with van der Waals surface area (Å²) in [5.41, 5.74) is 0. The van der Waals surface area contributed by atoms with E-state index in [1.165, 1.54) is 0 Å². The van der Waals surface area contributed by atoms with Crippen molar-refractivity contribution < 1.29 is 9.66 Å². The van der Waals surface area contributed by atoms with E-state index in [4.69, 9.17) is 4.74 Å². The average Bonchev–Trinajstić information content (AvgIpc) is 2.15. The summed E-state index contributed by atoms with van der Waals surface area (Å²) in [5.74, 6) is 0.922. The van der Waals surface area contributed by atoms with E-state index in [-0.39, 0.29) is 5.92 Å². The summed E-state index contributed by atoms with van der Waals surface area (Å²) in [6.45, 7) is 0. The van der Waals surface area contributed by atoms with Crippen molar-refractivity contribution in [1.29, 1.82) is 0 Å². The zero-order valence-corrected chi connectivity index (χ0v) is 7.34. The van der Waals surface area contributed by atoms with Gasteiger partial charge in [0.25, 0.3) is 0 Å². The van der Waals surface area contributed by atoms with Gasteiger partial charge < -0.3 is 4.74 Å². The van der Waals surface area contributed by atoms with E-state index in [0.717, 1.165) is 12.0 Å². The molecule has 1 aliphatic carbocycles. The molecule has 0 aromatic carbocycles. The molecule has 0 amide bonds. The lowest BCUT2D eigenvalue weighted by Gasteiger charge is -2.12. The summed E-state index contributed by atoms with van der Waals surface area (Å²) in [7, 11) is 1.60. The van der Waals surface area contributed by atoms with E-state index < -0.39 is 4.92 Å². The van der Waals surface area contributed by atoms with Crippen molar-refractivity contribution in [1.82, 2.24) is 0 Å². The molecule has 0 aromatic heterocycles. The Morgan fingerprint density at radius 2 is 2.54 bits per heavy atom. The van der Waals surface area contributed by atoms with Crippen LogP contribution in [0.15, 0.2) is 36.3 Å². The van der Waals surface area contributed by atoms with Gasteiger partial charge in [0.05, 0.1) is 17.8 Å². The van der Waals surface area contributed by atoms with E-state index >= 15 is 0 Å². The molecule has 1 unspecified atom stereocenters. The largest absolute Gasteiger partial charge is 0.501 e. The SMILES string of the molecule is COC1=CC=CC(/C=C/[N+](=O)[O-])C1. The molecule has 0 aromatic rings. The number of methoxy groups -OCH3 is 1. The maximum absolute atomic E-state index is 10.0. The van der Waals surface area contributed by atoms with Crippen LogP contribution in [0.3, 0.4) is 0 Å². The molecule has 0 radical (unpaired) electrons. The Morgan fingerprint density at radius 3 is 3.15 bits per heavy atom. The Hall–Kier alpha value is -1.58. The van der Waals surface area contributed by atoms with Crippen molar-refractivity contribution in [3.63, 3.8) is 0 Å². The lowest BCUT2D eigenvalue weighted by Crippen LogP contribution is -2.01. The number of rotatable bonds is 3. The van der Waals surface area contributed by atoms with E-state index in [0.29, 0.717) is 6.42 Å². The molecule has 0 fully saturated rings. The molecular formula is C9H11NO3. The molecule has 4 heteroatoms. The lowest BCUT2D eigenvalue weighted by molar-refractivity contribution is -0.402. The Balaban J connectivity index is 2.53. The highest BCUT2D eigenvalue weighted by atomic mass is 16.6. The molecule has 1 atom stereocenters. The third-order valence-corrected chi connectivity index (χ3v) is 1.79. The Bertz CT molecular complexity index is 279. The van der Waals surface area contributed by atoms with Crippen LogP contribution in [0.25, 0.3) is 0 Å². The van der Waals surface area contributed by atoms with Crippen LogP contribution in [0.4, 0.5) is 0 Å². The van der Waals surface area contributed by atoms with Gasteiger partial charge in [0.1, 0.15) is 0 Å². The summed E-state index contributed by atoms with van der Waals surface area (Å²) in [4.78, 5) is 9.58. The van der Waals surface area contributed by atoms with E-state index in [1.807, 2.05) is 18.2 Å².